The third-order valence-electron chi connectivity index (χ3n) is 3.85. The van der Waals surface area contributed by atoms with Crippen LogP contribution in [0.25, 0.3) is 0 Å². The summed E-state index contributed by atoms with van der Waals surface area (Å²) in [5, 5.41) is 0. The van der Waals surface area contributed by atoms with Crippen molar-refractivity contribution >= 4 is 0 Å². The van der Waals surface area contributed by atoms with Crippen LogP contribution >= 0.6 is 0 Å². The van der Waals surface area contributed by atoms with Crippen molar-refractivity contribution in [1.29, 1.82) is 0 Å². The maximum atomic E-state index is 6.34. The lowest BCUT2D eigenvalue weighted by Crippen LogP contribution is -2.48. The first kappa shape index (κ1) is 17.3. The first-order valence-corrected chi connectivity index (χ1v) is 7.43. The number of hydrogen-bond donors (Lipinski definition) is 0. The van der Waals surface area contributed by atoms with E-state index in [4.69, 9.17) is 9.47 Å². The van der Waals surface area contributed by atoms with Gasteiger partial charge in [0.15, 0.2) is 0 Å². The van der Waals surface area contributed by atoms with Crippen LogP contribution in [0.2, 0.25) is 0 Å². The number of rotatable bonds is 1. The van der Waals surface area contributed by atoms with Gasteiger partial charge in [-0.1, -0.05) is 62.3 Å². The van der Waals surface area contributed by atoms with Crippen LogP contribution in [0.4, 0.5) is 0 Å². The van der Waals surface area contributed by atoms with E-state index in [9.17, 15) is 0 Å². The Bertz CT molecular complexity index is 422. The Morgan fingerprint density at radius 2 is 1.40 bits per heavy atom. The Hall–Kier alpha value is -0.760. The fraction of sp³-hybridized carbons (Fsp3) is 0.778. The molecule has 116 valence electrons. The lowest BCUT2D eigenvalue weighted by Gasteiger charge is -2.47. The van der Waals surface area contributed by atoms with Crippen LogP contribution in [-0.2, 0) is 9.47 Å². The zero-order valence-corrected chi connectivity index (χ0v) is 15.0. The molecule has 2 heteroatoms. The Morgan fingerprint density at radius 3 is 1.70 bits per heavy atom. The van der Waals surface area contributed by atoms with Gasteiger partial charge in [-0.3, -0.25) is 0 Å². The van der Waals surface area contributed by atoms with Gasteiger partial charge in [0.1, 0.15) is 5.76 Å². The summed E-state index contributed by atoms with van der Waals surface area (Å²) >= 11 is 0. The van der Waals surface area contributed by atoms with Gasteiger partial charge in [-0.05, 0) is 23.1 Å². The summed E-state index contributed by atoms with van der Waals surface area (Å²) in [5.41, 5.74) is 1.14. The molecule has 0 aromatic heterocycles. The number of methoxy groups -OCH3 is 1. The van der Waals surface area contributed by atoms with E-state index < -0.39 is 5.79 Å². The van der Waals surface area contributed by atoms with Gasteiger partial charge in [0.25, 0.3) is 0 Å². The van der Waals surface area contributed by atoms with E-state index in [0.717, 1.165) is 5.76 Å². The molecule has 1 aliphatic heterocycles. The highest BCUT2D eigenvalue weighted by atomic mass is 16.7. The highest BCUT2D eigenvalue weighted by Crippen LogP contribution is 2.47. The minimum absolute atomic E-state index is 0.0419. The molecule has 0 saturated carbocycles. The molecule has 0 aliphatic carbocycles. The predicted molar refractivity (Wildman–Crippen MR) is 85.4 cm³/mol. The minimum Gasteiger partial charge on any atom is -0.462 e. The van der Waals surface area contributed by atoms with Gasteiger partial charge in [-0.2, -0.15) is 0 Å². The number of ether oxygens (including phenoxy) is 2. The van der Waals surface area contributed by atoms with Gasteiger partial charge in [0.2, 0.25) is 5.79 Å². The van der Waals surface area contributed by atoms with Crippen LogP contribution < -0.4 is 0 Å². The molecule has 0 amide bonds. The van der Waals surface area contributed by atoms with Gasteiger partial charge in [0, 0.05) is 17.9 Å². The highest BCUT2D eigenvalue weighted by molar-refractivity contribution is 5.35. The summed E-state index contributed by atoms with van der Waals surface area (Å²) in [6.07, 6.45) is 4.34. The van der Waals surface area contributed by atoms with E-state index in [-0.39, 0.29) is 16.2 Å². The van der Waals surface area contributed by atoms with Crippen molar-refractivity contribution in [2.24, 2.45) is 16.2 Å². The van der Waals surface area contributed by atoms with E-state index >= 15 is 0 Å². The highest BCUT2D eigenvalue weighted by Gasteiger charge is 2.47. The summed E-state index contributed by atoms with van der Waals surface area (Å²) in [6.45, 7) is 19.7. The summed E-state index contributed by atoms with van der Waals surface area (Å²) in [7, 11) is 1.73. The molecule has 0 aromatic rings. The largest absolute Gasteiger partial charge is 0.462 e. The predicted octanol–water partition coefficient (Wildman–Crippen LogP) is 5.31. The third kappa shape index (κ3) is 3.28. The summed E-state index contributed by atoms with van der Waals surface area (Å²) in [4.78, 5) is 0. The van der Waals surface area contributed by atoms with Gasteiger partial charge in [-0.15, -0.1) is 0 Å². The van der Waals surface area contributed by atoms with Gasteiger partial charge in [-0.25, -0.2) is 0 Å². The molecule has 20 heavy (non-hydrogen) atoms. The van der Waals surface area contributed by atoms with E-state index in [1.165, 1.54) is 5.57 Å². The van der Waals surface area contributed by atoms with Crippen molar-refractivity contribution in [3.63, 3.8) is 0 Å². The van der Waals surface area contributed by atoms with Crippen LogP contribution in [-0.4, -0.2) is 12.9 Å². The molecule has 0 spiro atoms. The van der Waals surface area contributed by atoms with Crippen molar-refractivity contribution < 1.29 is 9.47 Å². The molecule has 1 unspecified atom stereocenters. The second-order valence-corrected chi connectivity index (χ2v) is 8.83. The molecular weight excluding hydrogens is 248 g/mol. The van der Waals surface area contributed by atoms with E-state index in [2.05, 4.69) is 74.5 Å². The molecule has 1 heterocycles. The second-order valence-electron chi connectivity index (χ2n) is 8.83. The standard InChI is InChI=1S/C18H32O2/c1-15(2,3)13-11-14(16(4,5)6)20-18(12-13,19-10)17(7,8)9/h11-12H,1-10H3. The molecule has 0 N–H and O–H groups in total. The Morgan fingerprint density at radius 1 is 0.900 bits per heavy atom. The number of allylic oxidation sites excluding steroid dienone is 3. The van der Waals surface area contributed by atoms with Crippen LogP contribution in [0, 0.1) is 16.2 Å². The molecule has 1 rings (SSSR count). The molecule has 0 fully saturated rings. The first-order valence-electron chi connectivity index (χ1n) is 7.43. The van der Waals surface area contributed by atoms with Crippen molar-refractivity contribution in [2.45, 2.75) is 68.1 Å². The third-order valence-corrected chi connectivity index (χ3v) is 3.85. The minimum atomic E-state index is -0.715. The Balaban J connectivity index is 3.47. The quantitative estimate of drug-likeness (QED) is 0.648. The van der Waals surface area contributed by atoms with Crippen LogP contribution in [0.3, 0.4) is 0 Å². The maximum Gasteiger partial charge on any atom is 0.235 e. The zero-order valence-electron chi connectivity index (χ0n) is 15.0. The molecule has 0 aromatic carbocycles. The summed E-state index contributed by atoms with van der Waals surface area (Å²) in [6, 6.07) is 0. The first-order chi connectivity index (χ1) is 8.73. The van der Waals surface area contributed by atoms with Crippen LogP contribution in [0.5, 0.6) is 0 Å². The van der Waals surface area contributed by atoms with Crippen molar-refractivity contribution in [3.8, 4) is 0 Å². The van der Waals surface area contributed by atoms with E-state index in [1.54, 1.807) is 7.11 Å². The van der Waals surface area contributed by atoms with Gasteiger partial charge >= 0.3 is 0 Å². The molecule has 0 radical (unpaired) electrons. The zero-order chi connectivity index (χ0) is 16.0. The van der Waals surface area contributed by atoms with Gasteiger partial charge in [0.05, 0.1) is 0 Å². The van der Waals surface area contributed by atoms with E-state index in [1.807, 2.05) is 0 Å². The van der Waals surface area contributed by atoms with Crippen molar-refractivity contribution in [3.05, 3.63) is 23.5 Å². The van der Waals surface area contributed by atoms with Crippen LogP contribution in [0.1, 0.15) is 62.3 Å². The van der Waals surface area contributed by atoms with Crippen LogP contribution in [0.15, 0.2) is 23.5 Å². The average Bonchev–Trinajstić information content (AvgIpc) is 2.24. The second kappa shape index (κ2) is 4.91. The van der Waals surface area contributed by atoms with Gasteiger partial charge < -0.3 is 9.47 Å². The lowest BCUT2D eigenvalue weighted by atomic mass is 9.76. The molecule has 1 atom stereocenters. The fourth-order valence-corrected chi connectivity index (χ4v) is 2.19. The average molecular weight is 280 g/mol. The summed E-state index contributed by atoms with van der Waals surface area (Å²) < 4.78 is 12.2. The van der Waals surface area contributed by atoms with Crippen molar-refractivity contribution in [1.82, 2.24) is 0 Å². The topological polar surface area (TPSA) is 18.5 Å². The molecule has 2 nitrogen and oxygen atoms in total. The SMILES string of the molecule is COC1(C(C)(C)C)C=C(C(C)(C)C)C=C(C(C)(C)C)O1. The molecule has 0 saturated heterocycles. The Labute approximate surface area is 125 Å². The fourth-order valence-electron chi connectivity index (χ4n) is 2.19. The smallest absolute Gasteiger partial charge is 0.235 e. The summed E-state index contributed by atoms with van der Waals surface area (Å²) in [5.74, 6) is 0.272. The molecule has 0 bridgehead atoms. The maximum absolute atomic E-state index is 6.34. The Kier molecular flexibility index (Phi) is 4.24. The molecule has 1 aliphatic rings. The normalized spacial score (nSPS) is 24.9. The monoisotopic (exact) mass is 280 g/mol. The molecular formula is C18H32O2. The lowest BCUT2D eigenvalue weighted by molar-refractivity contribution is -0.232. The van der Waals surface area contributed by atoms with E-state index in [0.29, 0.717) is 0 Å². The van der Waals surface area contributed by atoms with Crippen molar-refractivity contribution in [2.75, 3.05) is 7.11 Å². The number of hydrogen-bond acceptors (Lipinski definition) is 2.